The van der Waals surface area contributed by atoms with Crippen LogP contribution in [0.5, 0.6) is 0 Å². The van der Waals surface area contributed by atoms with E-state index in [0.717, 1.165) is 5.56 Å². The first-order chi connectivity index (χ1) is 8.35. The Morgan fingerprint density at radius 1 is 1.39 bits per heavy atom. The molecule has 18 heavy (non-hydrogen) atoms. The number of carbonyl (C=O) groups excluding carboxylic acids is 1. The summed E-state index contributed by atoms with van der Waals surface area (Å²) in [4.78, 5) is 11.8. The van der Waals surface area contributed by atoms with Crippen molar-refractivity contribution in [3.05, 3.63) is 29.3 Å². The highest BCUT2D eigenvalue weighted by Gasteiger charge is 2.17. The third-order valence-corrected chi connectivity index (χ3v) is 3.00. The van der Waals surface area contributed by atoms with E-state index in [2.05, 4.69) is 0 Å². The Labute approximate surface area is 108 Å². The quantitative estimate of drug-likeness (QED) is 0.645. The Morgan fingerprint density at radius 3 is 2.61 bits per heavy atom. The molecule has 2 N–H and O–H groups in total. The Balaban J connectivity index is 2.53. The molecule has 0 aliphatic carbocycles. The number of hydrogen-bond donors (Lipinski definition) is 1. The van der Waals surface area contributed by atoms with E-state index in [-0.39, 0.29) is 11.6 Å². The number of aryl methyl sites for hydroxylation is 1. The summed E-state index contributed by atoms with van der Waals surface area (Å²) in [5.41, 5.74) is 7.49. The summed E-state index contributed by atoms with van der Waals surface area (Å²) in [5, 5.41) is 0. The second-order valence-corrected chi connectivity index (χ2v) is 4.92. The highest BCUT2D eigenvalue weighted by Crippen LogP contribution is 2.15. The lowest BCUT2D eigenvalue weighted by molar-refractivity contribution is -0.00563. The molecule has 4 heteroatoms. The standard InChI is InChI=1S/C14H21NO3/c1-10-5-6-11(9-12(10)15)13(16)18-8-7-14(2,3)17-4/h5-6,9H,7-8,15H2,1-4H3. The second kappa shape index (κ2) is 5.87. The molecule has 0 aliphatic heterocycles. The SMILES string of the molecule is COC(C)(C)CCOC(=O)c1ccc(C)c(N)c1. The fourth-order valence-electron chi connectivity index (χ4n) is 1.34. The first kappa shape index (κ1) is 14.5. The molecule has 0 saturated carbocycles. The fraction of sp³-hybridized carbons (Fsp3) is 0.500. The van der Waals surface area contributed by atoms with Gasteiger partial charge < -0.3 is 15.2 Å². The number of nitrogen functional groups attached to an aromatic ring is 1. The number of hydrogen-bond acceptors (Lipinski definition) is 4. The molecule has 0 unspecified atom stereocenters. The zero-order valence-corrected chi connectivity index (χ0v) is 11.4. The van der Waals surface area contributed by atoms with Gasteiger partial charge in [0.1, 0.15) is 0 Å². The van der Waals surface area contributed by atoms with Crippen molar-refractivity contribution in [1.82, 2.24) is 0 Å². The molecular weight excluding hydrogens is 230 g/mol. The average molecular weight is 251 g/mol. The van der Waals surface area contributed by atoms with E-state index in [1.165, 1.54) is 0 Å². The monoisotopic (exact) mass is 251 g/mol. The molecule has 0 aromatic heterocycles. The molecule has 1 aromatic rings. The lowest BCUT2D eigenvalue weighted by atomic mass is 10.1. The fourth-order valence-corrected chi connectivity index (χ4v) is 1.34. The molecule has 0 spiro atoms. The Kier molecular flexibility index (Phi) is 4.73. The van der Waals surface area contributed by atoms with Gasteiger partial charge in [-0.25, -0.2) is 4.79 Å². The van der Waals surface area contributed by atoms with Gasteiger partial charge in [-0.2, -0.15) is 0 Å². The van der Waals surface area contributed by atoms with Crippen LogP contribution in [0.1, 0.15) is 36.2 Å². The van der Waals surface area contributed by atoms with Gasteiger partial charge in [-0.15, -0.1) is 0 Å². The smallest absolute Gasteiger partial charge is 0.338 e. The molecular formula is C14H21NO3. The maximum absolute atomic E-state index is 11.8. The van der Waals surface area contributed by atoms with Crippen LogP contribution in [0, 0.1) is 6.92 Å². The van der Waals surface area contributed by atoms with Crippen molar-refractivity contribution < 1.29 is 14.3 Å². The largest absolute Gasteiger partial charge is 0.462 e. The van der Waals surface area contributed by atoms with Crippen molar-refractivity contribution in [1.29, 1.82) is 0 Å². The summed E-state index contributed by atoms with van der Waals surface area (Å²) in [6.07, 6.45) is 0.649. The maximum Gasteiger partial charge on any atom is 0.338 e. The van der Waals surface area contributed by atoms with E-state index in [4.69, 9.17) is 15.2 Å². The van der Waals surface area contributed by atoms with E-state index in [9.17, 15) is 4.79 Å². The summed E-state index contributed by atoms with van der Waals surface area (Å²) in [7, 11) is 1.64. The Bertz CT molecular complexity index is 427. The van der Waals surface area contributed by atoms with Crippen LogP contribution in [0.3, 0.4) is 0 Å². The van der Waals surface area contributed by atoms with Crippen LogP contribution in [-0.2, 0) is 9.47 Å². The predicted molar refractivity (Wildman–Crippen MR) is 71.6 cm³/mol. The first-order valence-corrected chi connectivity index (χ1v) is 5.94. The number of rotatable bonds is 5. The van der Waals surface area contributed by atoms with Crippen LogP contribution in [0.2, 0.25) is 0 Å². The molecule has 0 heterocycles. The van der Waals surface area contributed by atoms with Crippen LogP contribution in [0.4, 0.5) is 5.69 Å². The van der Waals surface area contributed by atoms with Gasteiger partial charge in [0.05, 0.1) is 17.8 Å². The zero-order valence-electron chi connectivity index (χ0n) is 11.4. The van der Waals surface area contributed by atoms with Gasteiger partial charge in [-0.3, -0.25) is 0 Å². The third-order valence-electron chi connectivity index (χ3n) is 3.00. The third kappa shape index (κ3) is 4.04. The van der Waals surface area contributed by atoms with E-state index in [1.807, 2.05) is 26.8 Å². The van der Waals surface area contributed by atoms with Gasteiger partial charge in [-0.05, 0) is 38.5 Å². The molecule has 0 aliphatic rings. The van der Waals surface area contributed by atoms with Crippen molar-refractivity contribution in [2.24, 2.45) is 0 Å². The van der Waals surface area contributed by atoms with Crippen molar-refractivity contribution in [2.75, 3.05) is 19.5 Å². The van der Waals surface area contributed by atoms with Crippen molar-refractivity contribution in [2.45, 2.75) is 32.8 Å². The highest BCUT2D eigenvalue weighted by molar-refractivity contribution is 5.90. The molecule has 0 saturated heterocycles. The van der Waals surface area contributed by atoms with Gasteiger partial charge in [0.25, 0.3) is 0 Å². The first-order valence-electron chi connectivity index (χ1n) is 5.94. The van der Waals surface area contributed by atoms with E-state index >= 15 is 0 Å². The van der Waals surface area contributed by atoms with E-state index in [0.29, 0.717) is 24.3 Å². The minimum atomic E-state index is -0.353. The number of carbonyl (C=O) groups is 1. The average Bonchev–Trinajstić information content (AvgIpc) is 2.32. The Hall–Kier alpha value is -1.55. The van der Waals surface area contributed by atoms with Gasteiger partial charge in [0, 0.05) is 19.2 Å². The number of nitrogens with two attached hydrogens (primary N) is 1. The van der Waals surface area contributed by atoms with Gasteiger partial charge >= 0.3 is 5.97 Å². The van der Waals surface area contributed by atoms with Gasteiger partial charge in [0.2, 0.25) is 0 Å². The zero-order chi connectivity index (χ0) is 13.8. The molecule has 0 amide bonds. The molecule has 100 valence electrons. The molecule has 0 atom stereocenters. The minimum absolute atomic E-state index is 0.285. The van der Waals surface area contributed by atoms with Crippen LogP contribution < -0.4 is 5.73 Å². The lowest BCUT2D eigenvalue weighted by Crippen LogP contribution is -2.25. The number of ether oxygens (including phenoxy) is 2. The van der Waals surface area contributed by atoms with Crippen molar-refractivity contribution >= 4 is 11.7 Å². The number of esters is 1. The number of anilines is 1. The topological polar surface area (TPSA) is 61.5 Å². The summed E-state index contributed by atoms with van der Waals surface area (Å²) in [6, 6.07) is 5.17. The summed E-state index contributed by atoms with van der Waals surface area (Å²) < 4.78 is 10.4. The predicted octanol–water partition coefficient (Wildman–Crippen LogP) is 2.55. The number of benzene rings is 1. The number of methoxy groups -OCH3 is 1. The summed E-state index contributed by atoms with van der Waals surface area (Å²) in [6.45, 7) is 6.12. The molecule has 0 fully saturated rings. The molecule has 0 bridgehead atoms. The van der Waals surface area contributed by atoms with E-state index in [1.54, 1.807) is 19.2 Å². The van der Waals surface area contributed by atoms with Crippen LogP contribution in [0.25, 0.3) is 0 Å². The summed E-state index contributed by atoms with van der Waals surface area (Å²) >= 11 is 0. The maximum atomic E-state index is 11.8. The highest BCUT2D eigenvalue weighted by atomic mass is 16.5. The second-order valence-electron chi connectivity index (χ2n) is 4.92. The molecule has 0 radical (unpaired) electrons. The minimum Gasteiger partial charge on any atom is -0.462 e. The summed E-state index contributed by atoms with van der Waals surface area (Å²) in [5.74, 6) is -0.353. The van der Waals surface area contributed by atoms with Crippen LogP contribution >= 0.6 is 0 Å². The van der Waals surface area contributed by atoms with Crippen molar-refractivity contribution in [3.8, 4) is 0 Å². The van der Waals surface area contributed by atoms with E-state index < -0.39 is 0 Å². The lowest BCUT2D eigenvalue weighted by Gasteiger charge is -2.22. The molecule has 1 rings (SSSR count). The van der Waals surface area contributed by atoms with Crippen LogP contribution in [-0.4, -0.2) is 25.3 Å². The molecule has 1 aromatic carbocycles. The van der Waals surface area contributed by atoms with Gasteiger partial charge in [-0.1, -0.05) is 6.07 Å². The van der Waals surface area contributed by atoms with Crippen LogP contribution in [0.15, 0.2) is 18.2 Å². The molecule has 4 nitrogen and oxygen atoms in total. The Morgan fingerprint density at radius 2 is 2.06 bits per heavy atom. The van der Waals surface area contributed by atoms with Gasteiger partial charge in [0.15, 0.2) is 0 Å². The normalized spacial score (nSPS) is 11.3. The van der Waals surface area contributed by atoms with Crippen molar-refractivity contribution in [3.63, 3.8) is 0 Å².